The van der Waals surface area contributed by atoms with Crippen LogP contribution in [0.15, 0.2) is 133 Å². The van der Waals surface area contributed by atoms with Gasteiger partial charge in [0.1, 0.15) is 0 Å². The minimum absolute atomic E-state index is 0.204. The van der Waals surface area contributed by atoms with Crippen LogP contribution in [0.25, 0.3) is 65.9 Å². The quantitative estimate of drug-likeness (QED) is 0.146. The summed E-state index contributed by atoms with van der Waals surface area (Å²) in [7, 11) is 2.91. The van der Waals surface area contributed by atoms with Crippen LogP contribution in [0.3, 0.4) is 0 Å². The van der Waals surface area contributed by atoms with E-state index in [2.05, 4.69) is 109 Å². The van der Waals surface area contributed by atoms with Gasteiger partial charge in [0.05, 0.1) is 36.6 Å². The van der Waals surface area contributed by atoms with Gasteiger partial charge >= 0.3 is 11.9 Å². The average molecular weight is 719 g/mol. The summed E-state index contributed by atoms with van der Waals surface area (Å²) in [6.45, 7) is 0. The topological polar surface area (TPSA) is 78.4 Å². The molecular formula is C49H38N2O4. The number of benzene rings is 6. The van der Waals surface area contributed by atoms with Gasteiger partial charge in [0.25, 0.3) is 0 Å². The molecule has 0 saturated heterocycles. The molecule has 0 aliphatic heterocycles. The standard InChI is InChI=1S/C49H38N2O4/c1-54-44(52)19-21-48(38-25-32-13-5-3-11-30(32)23-36(38)46-40(48)27-34-15-7-9-17-42(34)50-46)29-49(22-20-45(53)55-2)39-26-33-14-6-4-12-31(33)24-37(39)47-41(49)28-35-16-8-10-18-43(35)51-47/h3-18,23-28H,19-22,29H2,1-2H3. The van der Waals surface area contributed by atoms with Crippen LogP contribution in [0.5, 0.6) is 0 Å². The van der Waals surface area contributed by atoms with Crippen molar-refractivity contribution < 1.29 is 19.1 Å². The van der Waals surface area contributed by atoms with E-state index in [9.17, 15) is 9.59 Å². The lowest BCUT2D eigenvalue weighted by atomic mass is 9.59. The van der Waals surface area contributed by atoms with Gasteiger partial charge in [-0.3, -0.25) is 9.59 Å². The molecule has 0 spiro atoms. The highest BCUT2D eigenvalue weighted by molar-refractivity contribution is 5.98. The van der Waals surface area contributed by atoms with Gasteiger partial charge in [0, 0.05) is 45.6 Å². The second-order valence-corrected chi connectivity index (χ2v) is 15.1. The van der Waals surface area contributed by atoms with Crippen molar-refractivity contribution in [3.8, 4) is 22.5 Å². The summed E-state index contributed by atoms with van der Waals surface area (Å²) in [5.41, 5.74) is 8.85. The number of hydrogen-bond donors (Lipinski definition) is 0. The van der Waals surface area contributed by atoms with E-state index in [1.54, 1.807) is 0 Å². The Morgan fingerprint density at radius 2 is 0.818 bits per heavy atom. The maximum atomic E-state index is 13.3. The third-order valence-electron chi connectivity index (χ3n) is 12.4. The molecule has 0 saturated carbocycles. The lowest BCUT2D eigenvalue weighted by Crippen LogP contribution is -2.39. The van der Waals surface area contributed by atoms with E-state index in [-0.39, 0.29) is 24.8 Å². The maximum absolute atomic E-state index is 13.3. The first-order valence-corrected chi connectivity index (χ1v) is 18.9. The van der Waals surface area contributed by atoms with E-state index in [0.29, 0.717) is 19.3 Å². The predicted octanol–water partition coefficient (Wildman–Crippen LogP) is 10.6. The van der Waals surface area contributed by atoms with E-state index in [4.69, 9.17) is 19.4 Å². The summed E-state index contributed by atoms with van der Waals surface area (Å²) in [5, 5.41) is 6.58. The van der Waals surface area contributed by atoms with Crippen LogP contribution in [0.1, 0.15) is 54.4 Å². The molecule has 268 valence electrons. The van der Waals surface area contributed by atoms with Crippen LogP contribution in [0, 0.1) is 0 Å². The van der Waals surface area contributed by atoms with Gasteiger partial charge < -0.3 is 9.47 Å². The van der Waals surface area contributed by atoms with Gasteiger partial charge in [-0.2, -0.15) is 0 Å². The van der Waals surface area contributed by atoms with Gasteiger partial charge in [0.2, 0.25) is 0 Å². The Morgan fingerprint density at radius 3 is 1.22 bits per heavy atom. The van der Waals surface area contributed by atoms with Crippen LogP contribution in [0.4, 0.5) is 0 Å². The number of ether oxygens (including phenoxy) is 2. The van der Waals surface area contributed by atoms with Crippen molar-refractivity contribution >= 4 is 55.3 Å². The number of pyridine rings is 2. The molecule has 6 nitrogen and oxygen atoms in total. The van der Waals surface area contributed by atoms with Gasteiger partial charge in [-0.1, -0.05) is 84.9 Å². The van der Waals surface area contributed by atoms with Gasteiger partial charge in [-0.05, 0) is 112 Å². The van der Waals surface area contributed by atoms with Gasteiger partial charge in [-0.25, -0.2) is 9.97 Å². The molecule has 6 aromatic carbocycles. The summed E-state index contributed by atoms with van der Waals surface area (Å²) in [4.78, 5) is 37.4. The third-order valence-corrected chi connectivity index (χ3v) is 12.4. The summed E-state index contributed by atoms with van der Waals surface area (Å²) < 4.78 is 10.7. The normalized spacial score (nSPS) is 17.9. The molecule has 2 heterocycles. The predicted molar refractivity (Wildman–Crippen MR) is 218 cm³/mol. The van der Waals surface area contributed by atoms with Crippen LogP contribution in [-0.4, -0.2) is 36.1 Å². The lowest BCUT2D eigenvalue weighted by molar-refractivity contribution is -0.141. The number of nitrogens with zero attached hydrogens (tertiary/aromatic N) is 2. The Labute approximate surface area is 318 Å². The average Bonchev–Trinajstić information content (AvgIpc) is 3.62. The van der Waals surface area contributed by atoms with Gasteiger partial charge in [-0.15, -0.1) is 0 Å². The Hall–Kier alpha value is -6.40. The van der Waals surface area contributed by atoms with E-state index in [1.165, 1.54) is 14.2 Å². The molecule has 8 aromatic rings. The number of methoxy groups -OCH3 is 2. The van der Waals surface area contributed by atoms with Crippen molar-refractivity contribution in [2.45, 2.75) is 42.9 Å². The Bertz CT molecular complexity index is 2530. The molecule has 10 rings (SSSR count). The molecule has 0 fully saturated rings. The zero-order chi connectivity index (χ0) is 37.3. The first-order valence-electron chi connectivity index (χ1n) is 18.9. The fourth-order valence-corrected chi connectivity index (χ4v) is 9.77. The molecule has 0 radical (unpaired) electrons. The zero-order valence-corrected chi connectivity index (χ0v) is 30.8. The second-order valence-electron chi connectivity index (χ2n) is 15.1. The number of carbonyl (C=O) groups is 2. The molecule has 55 heavy (non-hydrogen) atoms. The molecule has 2 aliphatic carbocycles. The number of para-hydroxylation sites is 2. The van der Waals surface area contributed by atoms with Gasteiger partial charge in [0.15, 0.2) is 0 Å². The number of hydrogen-bond acceptors (Lipinski definition) is 6. The van der Waals surface area contributed by atoms with Crippen LogP contribution >= 0.6 is 0 Å². The lowest BCUT2D eigenvalue weighted by Gasteiger charge is -2.42. The van der Waals surface area contributed by atoms with E-state index in [1.807, 2.05) is 24.3 Å². The molecule has 2 atom stereocenters. The molecule has 0 amide bonds. The molecule has 2 aromatic heterocycles. The molecule has 0 N–H and O–H groups in total. The Kier molecular flexibility index (Phi) is 7.60. The molecule has 2 unspecified atom stereocenters. The first-order chi connectivity index (χ1) is 26.9. The van der Waals surface area contributed by atoms with E-state index >= 15 is 0 Å². The fourth-order valence-electron chi connectivity index (χ4n) is 9.77. The molecule has 0 bridgehead atoms. The zero-order valence-electron chi connectivity index (χ0n) is 30.8. The Balaban J connectivity index is 1.33. The number of esters is 2. The summed E-state index contributed by atoms with van der Waals surface area (Å²) >= 11 is 0. The number of carbonyl (C=O) groups excluding carboxylic acids is 2. The number of aromatic nitrogens is 2. The van der Waals surface area contributed by atoms with Crippen molar-refractivity contribution in [1.82, 2.24) is 9.97 Å². The monoisotopic (exact) mass is 718 g/mol. The van der Waals surface area contributed by atoms with Crippen molar-refractivity contribution in [3.63, 3.8) is 0 Å². The molecular weight excluding hydrogens is 681 g/mol. The minimum Gasteiger partial charge on any atom is -0.469 e. The number of rotatable bonds is 8. The molecule has 2 aliphatic rings. The third kappa shape index (κ3) is 5.08. The van der Waals surface area contributed by atoms with Crippen molar-refractivity contribution in [2.75, 3.05) is 14.2 Å². The highest BCUT2D eigenvalue weighted by atomic mass is 16.5. The first kappa shape index (κ1) is 33.2. The second kappa shape index (κ2) is 12.6. The van der Waals surface area contributed by atoms with E-state index < -0.39 is 10.8 Å². The van der Waals surface area contributed by atoms with Crippen molar-refractivity contribution in [3.05, 3.63) is 156 Å². The smallest absolute Gasteiger partial charge is 0.305 e. The minimum atomic E-state index is -0.716. The maximum Gasteiger partial charge on any atom is 0.305 e. The van der Waals surface area contributed by atoms with Crippen molar-refractivity contribution in [1.29, 1.82) is 0 Å². The van der Waals surface area contributed by atoms with Crippen LogP contribution < -0.4 is 0 Å². The van der Waals surface area contributed by atoms with Crippen LogP contribution in [0.2, 0.25) is 0 Å². The molecule has 6 heteroatoms. The van der Waals surface area contributed by atoms with E-state index in [0.717, 1.165) is 88.1 Å². The summed E-state index contributed by atoms with van der Waals surface area (Å²) in [6, 6.07) is 47.2. The fraction of sp³-hybridized carbons (Fsp3) is 0.184. The van der Waals surface area contributed by atoms with Crippen LogP contribution in [-0.2, 0) is 29.9 Å². The highest BCUT2D eigenvalue weighted by Crippen LogP contribution is 2.63. The largest absolute Gasteiger partial charge is 0.469 e. The number of fused-ring (bicyclic) bond motifs is 10. The SMILES string of the molecule is COC(=O)CCC1(CC2(CCC(=O)OC)c3cc4ccccc4cc3-c3nc4ccccc4cc32)c2cc3ccccc3cc2-c2nc3ccccc3cc21. The highest BCUT2D eigenvalue weighted by Gasteiger charge is 2.54. The van der Waals surface area contributed by atoms with Crippen molar-refractivity contribution in [2.24, 2.45) is 0 Å². The Morgan fingerprint density at radius 1 is 0.473 bits per heavy atom. The summed E-state index contributed by atoms with van der Waals surface area (Å²) in [6.07, 6.45) is 1.93. The summed E-state index contributed by atoms with van der Waals surface area (Å²) in [5.74, 6) is -0.531.